The van der Waals surface area contributed by atoms with Crippen molar-refractivity contribution in [3.05, 3.63) is 17.7 Å². The van der Waals surface area contributed by atoms with Crippen LogP contribution in [0.1, 0.15) is 12.0 Å². The summed E-state index contributed by atoms with van der Waals surface area (Å²) in [6.07, 6.45) is 0.802. The number of nitrogens with one attached hydrogen (secondary N) is 2. The van der Waals surface area contributed by atoms with Crippen LogP contribution in [0.2, 0.25) is 0 Å². The Labute approximate surface area is 115 Å². The van der Waals surface area contributed by atoms with E-state index in [1.807, 2.05) is 12.1 Å². The third-order valence-corrected chi connectivity index (χ3v) is 4.92. The van der Waals surface area contributed by atoms with Crippen LogP contribution in [-0.4, -0.2) is 31.5 Å². The van der Waals surface area contributed by atoms with Crippen molar-refractivity contribution in [3.63, 3.8) is 0 Å². The van der Waals surface area contributed by atoms with Gasteiger partial charge in [0.1, 0.15) is 18.8 Å². The summed E-state index contributed by atoms with van der Waals surface area (Å²) in [6, 6.07) is 3.97. The van der Waals surface area contributed by atoms with Crippen LogP contribution >= 0.6 is 11.8 Å². The topological polar surface area (TPSA) is 59.6 Å². The van der Waals surface area contributed by atoms with Gasteiger partial charge in [-0.2, -0.15) is 0 Å². The third-order valence-electron chi connectivity index (χ3n) is 3.87. The summed E-state index contributed by atoms with van der Waals surface area (Å²) in [4.78, 5) is 13.3. The van der Waals surface area contributed by atoms with Gasteiger partial charge in [0, 0.05) is 10.6 Å². The van der Waals surface area contributed by atoms with Gasteiger partial charge >= 0.3 is 0 Å². The van der Waals surface area contributed by atoms with E-state index in [9.17, 15) is 4.79 Å². The summed E-state index contributed by atoms with van der Waals surface area (Å²) in [6.45, 7) is 1.67. The molecule has 0 aliphatic carbocycles. The van der Waals surface area contributed by atoms with Gasteiger partial charge in [-0.05, 0) is 24.1 Å². The zero-order chi connectivity index (χ0) is 12.9. The Morgan fingerprint density at radius 2 is 2.00 bits per heavy atom. The van der Waals surface area contributed by atoms with E-state index in [1.165, 1.54) is 0 Å². The molecule has 1 unspecified atom stereocenters. The number of fused-ring (bicyclic) bond motifs is 3. The van der Waals surface area contributed by atoms with Crippen molar-refractivity contribution in [3.8, 4) is 11.5 Å². The van der Waals surface area contributed by atoms with Crippen LogP contribution in [0, 0.1) is 0 Å². The van der Waals surface area contributed by atoms with E-state index in [1.54, 1.807) is 11.8 Å². The normalized spacial score (nSPS) is 28.1. The molecule has 0 saturated carbocycles. The molecule has 100 valence electrons. The lowest BCUT2D eigenvalue weighted by molar-refractivity contribution is -0.124. The fourth-order valence-electron chi connectivity index (χ4n) is 2.90. The van der Waals surface area contributed by atoms with Crippen molar-refractivity contribution in [2.45, 2.75) is 16.9 Å². The minimum Gasteiger partial charge on any atom is -0.486 e. The Bertz CT molecular complexity index is 563. The average molecular weight is 278 g/mol. The van der Waals surface area contributed by atoms with Gasteiger partial charge in [0.2, 0.25) is 5.91 Å². The van der Waals surface area contributed by atoms with Gasteiger partial charge in [-0.15, -0.1) is 11.8 Å². The molecule has 4 rings (SSSR count). The predicted octanol–water partition coefficient (Wildman–Crippen LogP) is 0.826. The molecule has 1 aromatic carbocycles. The van der Waals surface area contributed by atoms with Gasteiger partial charge in [0.05, 0.1) is 6.67 Å². The average Bonchev–Trinajstić information content (AvgIpc) is 2.80. The summed E-state index contributed by atoms with van der Waals surface area (Å²) in [7, 11) is 0. The van der Waals surface area contributed by atoms with Crippen molar-refractivity contribution in [2.75, 3.05) is 25.6 Å². The molecule has 0 bridgehead atoms. The summed E-state index contributed by atoms with van der Waals surface area (Å²) < 4.78 is 11.2. The highest BCUT2D eigenvalue weighted by molar-refractivity contribution is 7.99. The summed E-state index contributed by atoms with van der Waals surface area (Å²) >= 11 is 1.77. The first-order valence-corrected chi connectivity index (χ1v) is 7.38. The van der Waals surface area contributed by atoms with Gasteiger partial charge in [-0.1, -0.05) is 0 Å². The molecule has 6 heteroatoms. The van der Waals surface area contributed by atoms with Crippen molar-refractivity contribution in [2.24, 2.45) is 0 Å². The van der Waals surface area contributed by atoms with E-state index in [4.69, 9.17) is 9.47 Å². The zero-order valence-corrected chi connectivity index (χ0v) is 11.1. The van der Waals surface area contributed by atoms with Crippen molar-refractivity contribution >= 4 is 17.7 Å². The van der Waals surface area contributed by atoms with Crippen molar-refractivity contribution in [1.29, 1.82) is 0 Å². The highest BCUT2D eigenvalue weighted by Gasteiger charge is 2.47. The summed E-state index contributed by atoms with van der Waals surface area (Å²) in [5.41, 5.74) is 0.430. The molecule has 3 aliphatic rings. The maximum atomic E-state index is 12.2. The second-order valence-electron chi connectivity index (χ2n) is 4.86. The van der Waals surface area contributed by atoms with E-state index in [0.29, 0.717) is 19.9 Å². The molecule has 1 amide bonds. The van der Waals surface area contributed by atoms with Crippen molar-refractivity contribution < 1.29 is 14.3 Å². The van der Waals surface area contributed by atoms with Crippen molar-refractivity contribution in [1.82, 2.24) is 10.6 Å². The number of carbonyl (C=O) groups is 1. The molecule has 1 fully saturated rings. The van der Waals surface area contributed by atoms with E-state index in [-0.39, 0.29) is 5.91 Å². The monoisotopic (exact) mass is 278 g/mol. The SMILES string of the molecule is O=C1NCNC12CCSc1cc3c(cc12)OCCO3. The molecular formula is C13H14N2O3S. The molecular weight excluding hydrogens is 264 g/mol. The molecule has 5 nitrogen and oxygen atoms in total. The minimum absolute atomic E-state index is 0.0609. The van der Waals surface area contributed by atoms with Crippen LogP contribution in [0.5, 0.6) is 11.5 Å². The molecule has 3 aliphatic heterocycles. The van der Waals surface area contributed by atoms with Gasteiger partial charge < -0.3 is 14.8 Å². The first-order valence-electron chi connectivity index (χ1n) is 6.40. The van der Waals surface area contributed by atoms with Gasteiger partial charge in [0.15, 0.2) is 11.5 Å². The third kappa shape index (κ3) is 1.56. The Hall–Kier alpha value is -1.40. The standard InChI is InChI=1S/C13H14N2O3S/c16-12-13(15-7-14-12)1-4-19-11-6-10-9(5-8(11)13)17-2-3-18-10/h5-6,15H,1-4,7H2,(H,14,16). The molecule has 3 heterocycles. The number of hydrogen-bond acceptors (Lipinski definition) is 5. The minimum atomic E-state index is -0.587. The lowest BCUT2D eigenvalue weighted by atomic mass is 9.86. The number of carbonyl (C=O) groups excluding carboxylic acids is 1. The molecule has 1 saturated heterocycles. The largest absolute Gasteiger partial charge is 0.486 e. The lowest BCUT2D eigenvalue weighted by Gasteiger charge is -2.34. The van der Waals surface area contributed by atoms with E-state index in [0.717, 1.165) is 34.1 Å². The molecule has 1 atom stereocenters. The van der Waals surface area contributed by atoms with E-state index < -0.39 is 5.54 Å². The Kier molecular flexibility index (Phi) is 2.43. The summed E-state index contributed by atoms with van der Waals surface area (Å²) in [5, 5.41) is 6.18. The maximum absolute atomic E-state index is 12.2. The lowest BCUT2D eigenvalue weighted by Crippen LogP contribution is -2.45. The van der Waals surface area contributed by atoms with Crippen LogP contribution in [0.15, 0.2) is 17.0 Å². The maximum Gasteiger partial charge on any atom is 0.246 e. The Balaban J connectivity index is 1.88. The second-order valence-corrected chi connectivity index (χ2v) is 5.99. The van der Waals surface area contributed by atoms with Crippen LogP contribution in [0.25, 0.3) is 0 Å². The predicted molar refractivity (Wildman–Crippen MR) is 70.6 cm³/mol. The molecule has 1 aromatic rings. The van der Waals surface area contributed by atoms with Crippen LogP contribution < -0.4 is 20.1 Å². The van der Waals surface area contributed by atoms with Crippen LogP contribution in [-0.2, 0) is 10.3 Å². The molecule has 2 N–H and O–H groups in total. The van der Waals surface area contributed by atoms with Crippen LogP contribution in [0.3, 0.4) is 0 Å². The van der Waals surface area contributed by atoms with Crippen LogP contribution in [0.4, 0.5) is 0 Å². The first kappa shape index (κ1) is 11.4. The molecule has 1 spiro atoms. The Morgan fingerprint density at radius 1 is 1.21 bits per heavy atom. The fourth-order valence-corrected chi connectivity index (χ4v) is 4.10. The van der Waals surface area contributed by atoms with Gasteiger partial charge in [0.25, 0.3) is 0 Å². The first-order chi connectivity index (χ1) is 9.29. The number of benzene rings is 1. The fraction of sp³-hybridized carbons (Fsp3) is 0.462. The smallest absolute Gasteiger partial charge is 0.246 e. The molecule has 0 radical (unpaired) electrons. The van der Waals surface area contributed by atoms with Gasteiger partial charge in [-0.3, -0.25) is 10.1 Å². The molecule has 19 heavy (non-hydrogen) atoms. The van der Waals surface area contributed by atoms with E-state index in [2.05, 4.69) is 10.6 Å². The molecule has 0 aromatic heterocycles. The Morgan fingerprint density at radius 3 is 2.74 bits per heavy atom. The highest BCUT2D eigenvalue weighted by Crippen LogP contribution is 2.46. The number of ether oxygens (including phenoxy) is 2. The second kappa shape index (κ2) is 4.05. The quantitative estimate of drug-likeness (QED) is 0.736. The summed E-state index contributed by atoms with van der Waals surface area (Å²) in [5.74, 6) is 2.51. The number of rotatable bonds is 0. The number of thioether (sulfide) groups is 1. The number of hydrogen-bond donors (Lipinski definition) is 2. The number of amides is 1. The van der Waals surface area contributed by atoms with Gasteiger partial charge in [-0.25, -0.2) is 0 Å². The van der Waals surface area contributed by atoms with E-state index >= 15 is 0 Å². The zero-order valence-electron chi connectivity index (χ0n) is 10.3. The highest BCUT2D eigenvalue weighted by atomic mass is 32.2.